The van der Waals surface area contributed by atoms with Gasteiger partial charge in [0.05, 0.1) is 21.1 Å². The van der Waals surface area contributed by atoms with Gasteiger partial charge in [0.1, 0.15) is 4.21 Å². The van der Waals surface area contributed by atoms with Gasteiger partial charge in [0.15, 0.2) is 5.78 Å². The molecule has 30 heavy (non-hydrogen) atoms. The van der Waals surface area contributed by atoms with E-state index in [1.807, 2.05) is 0 Å². The van der Waals surface area contributed by atoms with Crippen molar-refractivity contribution in [2.45, 2.75) is 75.0 Å². The number of benzene rings is 1. The Morgan fingerprint density at radius 3 is 2.70 bits per heavy atom. The van der Waals surface area contributed by atoms with Gasteiger partial charge in [0, 0.05) is 6.42 Å². The fraction of sp³-hybridized carbons (Fsp3) is 0.542. The summed E-state index contributed by atoms with van der Waals surface area (Å²) in [4.78, 5) is 13.0. The van der Waals surface area contributed by atoms with Gasteiger partial charge in [-0.15, -0.1) is 11.3 Å². The second-order valence-corrected chi connectivity index (χ2v) is 12.7. The standard InChI is InChI=1S/C24H31NO3S2/c1-15(16-7-8-16)20-10-9-17-5-4-6-21(17)22(20)12-19(26)14-30(25,28)23-11-18(13-29-23)24(2,3)27/h9-11,13,15-16,25,27H,4-8,12,14H2,1-3H3/t15-,30+/m1/s1. The highest BCUT2D eigenvalue weighted by molar-refractivity contribution is 7.95. The quantitative estimate of drug-likeness (QED) is 0.586. The van der Waals surface area contributed by atoms with Gasteiger partial charge in [-0.3, -0.25) is 4.79 Å². The summed E-state index contributed by atoms with van der Waals surface area (Å²) < 4.78 is 21.8. The molecule has 0 bridgehead atoms. The van der Waals surface area contributed by atoms with Crippen molar-refractivity contribution in [2.24, 2.45) is 5.92 Å². The molecule has 0 unspecified atom stereocenters. The summed E-state index contributed by atoms with van der Waals surface area (Å²) in [6, 6.07) is 6.07. The van der Waals surface area contributed by atoms with Crippen LogP contribution >= 0.6 is 11.3 Å². The molecule has 1 saturated carbocycles. The minimum absolute atomic E-state index is 0.127. The number of aryl methyl sites for hydroxylation is 1. The van der Waals surface area contributed by atoms with E-state index in [4.69, 9.17) is 4.78 Å². The van der Waals surface area contributed by atoms with Crippen LogP contribution in [0.3, 0.4) is 0 Å². The number of carbonyl (C=O) groups excluding carboxylic acids is 1. The van der Waals surface area contributed by atoms with Gasteiger partial charge in [-0.2, -0.15) is 0 Å². The van der Waals surface area contributed by atoms with E-state index in [0.29, 0.717) is 21.6 Å². The van der Waals surface area contributed by atoms with E-state index < -0.39 is 15.3 Å². The average Bonchev–Trinajstić information content (AvgIpc) is 3.16. The Bertz CT molecular complexity index is 1070. The fourth-order valence-electron chi connectivity index (χ4n) is 4.60. The summed E-state index contributed by atoms with van der Waals surface area (Å²) in [6.07, 6.45) is 6.00. The molecule has 0 radical (unpaired) electrons. The molecule has 2 N–H and O–H groups in total. The summed E-state index contributed by atoms with van der Waals surface area (Å²) in [7, 11) is -3.21. The Morgan fingerprint density at radius 2 is 2.07 bits per heavy atom. The predicted molar refractivity (Wildman–Crippen MR) is 122 cm³/mol. The zero-order chi connectivity index (χ0) is 21.7. The molecule has 1 aromatic carbocycles. The number of carbonyl (C=O) groups is 1. The van der Waals surface area contributed by atoms with Crippen LogP contribution in [0.25, 0.3) is 0 Å². The third-order valence-corrected chi connectivity index (χ3v) is 9.92. The van der Waals surface area contributed by atoms with Gasteiger partial charge < -0.3 is 5.11 Å². The van der Waals surface area contributed by atoms with Crippen molar-refractivity contribution in [3.8, 4) is 0 Å². The first-order valence-corrected chi connectivity index (χ1v) is 13.4. The van der Waals surface area contributed by atoms with Crippen LogP contribution in [0.15, 0.2) is 27.8 Å². The lowest BCUT2D eigenvalue weighted by Gasteiger charge is -2.20. The third kappa shape index (κ3) is 4.41. The zero-order valence-electron chi connectivity index (χ0n) is 18.0. The third-order valence-electron chi connectivity index (χ3n) is 6.60. The van der Waals surface area contributed by atoms with Crippen molar-refractivity contribution in [1.29, 1.82) is 4.78 Å². The zero-order valence-corrected chi connectivity index (χ0v) is 19.6. The first-order valence-electron chi connectivity index (χ1n) is 10.8. The number of hydrogen-bond donors (Lipinski definition) is 2. The number of ketones is 1. The molecule has 0 aliphatic heterocycles. The van der Waals surface area contributed by atoms with Crippen LogP contribution in [0.5, 0.6) is 0 Å². The van der Waals surface area contributed by atoms with Crippen molar-refractivity contribution in [1.82, 2.24) is 0 Å². The summed E-state index contributed by atoms with van der Waals surface area (Å²) in [6.45, 7) is 5.59. The maximum atomic E-state index is 13.1. The molecule has 2 aliphatic carbocycles. The smallest absolute Gasteiger partial charge is 0.151 e. The molecular formula is C24H31NO3S2. The lowest BCUT2D eigenvalue weighted by molar-refractivity contribution is -0.116. The summed E-state index contributed by atoms with van der Waals surface area (Å²) >= 11 is 1.20. The predicted octanol–water partition coefficient (Wildman–Crippen LogP) is 5.20. The van der Waals surface area contributed by atoms with Crippen molar-refractivity contribution in [2.75, 3.05) is 5.75 Å². The monoisotopic (exact) mass is 445 g/mol. The van der Waals surface area contributed by atoms with Crippen molar-refractivity contribution < 1.29 is 14.1 Å². The van der Waals surface area contributed by atoms with Crippen LogP contribution in [0.4, 0.5) is 0 Å². The molecule has 2 aliphatic rings. The molecule has 162 valence electrons. The molecule has 4 nitrogen and oxygen atoms in total. The van der Waals surface area contributed by atoms with E-state index in [0.717, 1.165) is 24.8 Å². The van der Waals surface area contributed by atoms with E-state index in [1.165, 1.54) is 40.9 Å². The molecule has 1 heterocycles. The highest BCUT2D eigenvalue weighted by Gasteiger charge is 2.32. The SMILES string of the molecule is C[C@@H](c1ccc2c(c1CC(=O)C[S@](=N)(=O)c1cc(C(C)(C)O)cs1)CCC2)C1CC1. The minimum atomic E-state index is -3.21. The van der Waals surface area contributed by atoms with Crippen LogP contribution in [0.1, 0.15) is 73.8 Å². The number of aliphatic hydroxyl groups is 1. The van der Waals surface area contributed by atoms with E-state index in [1.54, 1.807) is 25.3 Å². The number of hydrogen-bond acceptors (Lipinski definition) is 5. The molecular weight excluding hydrogens is 414 g/mol. The van der Waals surface area contributed by atoms with Gasteiger partial charge in [-0.25, -0.2) is 8.99 Å². The van der Waals surface area contributed by atoms with Gasteiger partial charge >= 0.3 is 0 Å². The van der Waals surface area contributed by atoms with E-state index in [9.17, 15) is 14.1 Å². The first kappa shape index (κ1) is 21.7. The van der Waals surface area contributed by atoms with E-state index >= 15 is 0 Å². The largest absolute Gasteiger partial charge is 0.386 e. The number of nitrogens with one attached hydrogen (secondary N) is 1. The fourth-order valence-corrected chi connectivity index (χ4v) is 7.36. The second kappa shape index (κ2) is 7.88. The van der Waals surface area contributed by atoms with Gasteiger partial charge in [0.25, 0.3) is 0 Å². The molecule has 1 fully saturated rings. The first-order chi connectivity index (χ1) is 14.1. The molecule has 0 saturated heterocycles. The number of Topliss-reactive ketones (excluding diaryl/α,β-unsaturated/α-hetero) is 1. The number of rotatable bonds is 8. The van der Waals surface area contributed by atoms with Crippen LogP contribution in [0, 0.1) is 10.7 Å². The molecule has 1 aromatic heterocycles. The second-order valence-electron chi connectivity index (χ2n) is 9.50. The van der Waals surface area contributed by atoms with Crippen LogP contribution in [-0.2, 0) is 39.4 Å². The highest BCUT2D eigenvalue weighted by Crippen LogP contribution is 2.44. The Hall–Kier alpha value is -1.50. The Labute approximate surface area is 183 Å². The molecule has 0 amide bonds. The topological polar surface area (TPSA) is 78.2 Å². The Balaban J connectivity index is 1.57. The summed E-state index contributed by atoms with van der Waals surface area (Å²) in [5, 5.41) is 11.9. The minimum Gasteiger partial charge on any atom is -0.386 e. The summed E-state index contributed by atoms with van der Waals surface area (Å²) in [5.74, 6) is 0.772. The van der Waals surface area contributed by atoms with Crippen molar-refractivity contribution >= 4 is 26.8 Å². The van der Waals surface area contributed by atoms with Gasteiger partial charge in [-0.05, 0) is 97.1 Å². The van der Waals surface area contributed by atoms with Gasteiger partial charge in [0.2, 0.25) is 0 Å². The molecule has 2 atom stereocenters. The van der Waals surface area contributed by atoms with Crippen LogP contribution < -0.4 is 0 Å². The van der Waals surface area contributed by atoms with Crippen LogP contribution in [-0.4, -0.2) is 20.9 Å². The molecule has 0 spiro atoms. The lowest BCUT2D eigenvalue weighted by Crippen LogP contribution is -2.19. The van der Waals surface area contributed by atoms with Crippen LogP contribution in [0.2, 0.25) is 0 Å². The van der Waals surface area contributed by atoms with Crippen molar-refractivity contribution in [3.05, 3.63) is 51.4 Å². The molecule has 6 heteroatoms. The molecule has 2 aromatic rings. The van der Waals surface area contributed by atoms with E-state index in [-0.39, 0.29) is 18.0 Å². The Kier molecular flexibility index (Phi) is 5.71. The number of thiophene rings is 1. The Morgan fingerprint density at radius 1 is 1.33 bits per heavy atom. The highest BCUT2D eigenvalue weighted by atomic mass is 32.2. The maximum absolute atomic E-state index is 13.1. The summed E-state index contributed by atoms with van der Waals surface area (Å²) in [5.41, 5.74) is 4.69. The average molecular weight is 446 g/mol. The normalized spacial score (nSPS) is 19.3. The lowest BCUT2D eigenvalue weighted by atomic mass is 9.86. The van der Waals surface area contributed by atoms with Crippen molar-refractivity contribution in [3.63, 3.8) is 0 Å². The van der Waals surface area contributed by atoms with E-state index in [2.05, 4.69) is 19.1 Å². The number of fused-ring (bicyclic) bond motifs is 1. The molecule has 4 rings (SSSR count). The van der Waals surface area contributed by atoms with Gasteiger partial charge in [-0.1, -0.05) is 19.1 Å². The maximum Gasteiger partial charge on any atom is 0.151 e.